The van der Waals surface area contributed by atoms with Gasteiger partial charge in [-0.3, -0.25) is 0 Å². The van der Waals surface area contributed by atoms with E-state index in [1.54, 1.807) is 0 Å². The van der Waals surface area contributed by atoms with Crippen LogP contribution in [0.2, 0.25) is 0 Å². The first kappa shape index (κ1) is 10.2. The van der Waals surface area contributed by atoms with Gasteiger partial charge < -0.3 is 0 Å². The van der Waals surface area contributed by atoms with Crippen molar-refractivity contribution in [1.29, 1.82) is 0 Å². The summed E-state index contributed by atoms with van der Waals surface area (Å²) >= 11 is 4.14. The van der Waals surface area contributed by atoms with Gasteiger partial charge in [-0.1, -0.05) is 0 Å². The zero-order valence-corrected chi connectivity index (χ0v) is 4.91. The molecular formula is H6ClN3O2S. The van der Waals surface area contributed by atoms with Crippen molar-refractivity contribution in [3.8, 4) is 0 Å². The third-order valence-electron chi connectivity index (χ3n) is 0. The molecule has 0 aliphatic rings. The van der Waals surface area contributed by atoms with Crippen molar-refractivity contribution in [2.45, 2.75) is 0 Å². The van der Waals surface area contributed by atoms with E-state index in [1.165, 1.54) is 0 Å². The van der Waals surface area contributed by atoms with Gasteiger partial charge in [-0.25, -0.2) is 15.5 Å². The first-order valence-electron chi connectivity index (χ1n) is 1.02. The summed E-state index contributed by atoms with van der Waals surface area (Å²) in [5.41, 5.74) is 0. The average Bonchev–Trinajstić information content (AvgIpc) is 1.36. The predicted molar refractivity (Wildman–Crippen MR) is 27.3 cm³/mol. The van der Waals surface area contributed by atoms with Crippen LogP contribution in [0.15, 0.2) is 0 Å². The highest BCUT2D eigenvalue weighted by Gasteiger charge is 1.78. The Balaban J connectivity index is 0. The molecule has 0 heterocycles. The summed E-state index contributed by atoms with van der Waals surface area (Å²) in [5.74, 6) is 0. The number of nitrogens with two attached hydrogens (primary N) is 3. The molecule has 0 bridgehead atoms. The van der Waals surface area contributed by atoms with Crippen LogP contribution < -0.4 is 15.5 Å². The Hall–Kier alpha value is 0.120. The van der Waals surface area contributed by atoms with Crippen molar-refractivity contribution in [1.82, 2.24) is 0 Å². The van der Waals surface area contributed by atoms with Crippen LogP contribution in [0.4, 0.5) is 0 Å². The molecule has 7 heavy (non-hydrogen) atoms. The lowest BCUT2D eigenvalue weighted by Crippen LogP contribution is -2.21. The van der Waals surface area contributed by atoms with Gasteiger partial charge in [0.15, 0.2) is 0 Å². The van der Waals surface area contributed by atoms with Crippen LogP contribution >= 0.6 is 11.8 Å². The summed E-state index contributed by atoms with van der Waals surface area (Å²) < 4.78 is 18.4. The van der Waals surface area contributed by atoms with Gasteiger partial charge in [-0.15, -0.1) is 0 Å². The van der Waals surface area contributed by atoms with E-state index in [0.29, 0.717) is 0 Å². The van der Waals surface area contributed by atoms with Gasteiger partial charge in [0, 0.05) is 0 Å². The maximum atomic E-state index is 9.19. The lowest BCUT2D eigenvalue weighted by molar-refractivity contribution is 0.599. The summed E-state index contributed by atoms with van der Waals surface area (Å²) in [6.07, 6.45) is 0. The van der Waals surface area contributed by atoms with Gasteiger partial charge in [-0.2, -0.15) is 8.42 Å². The number of halogens is 1. The minimum atomic E-state index is -3.67. The van der Waals surface area contributed by atoms with Gasteiger partial charge in [0.2, 0.25) is 0 Å². The van der Waals surface area contributed by atoms with Crippen molar-refractivity contribution < 1.29 is 8.42 Å². The second kappa shape index (κ2) is 4.28. The fraction of sp³-hybridized carbons (Fsp3) is 0. The van der Waals surface area contributed by atoms with E-state index in [1.807, 2.05) is 0 Å². The van der Waals surface area contributed by atoms with Crippen LogP contribution in [-0.4, -0.2) is 8.42 Å². The van der Waals surface area contributed by atoms with Crippen LogP contribution in [0.3, 0.4) is 0 Å². The van der Waals surface area contributed by atoms with Gasteiger partial charge in [0.1, 0.15) is 0 Å². The van der Waals surface area contributed by atoms with E-state index >= 15 is 0 Å². The molecule has 0 aromatic carbocycles. The van der Waals surface area contributed by atoms with Gasteiger partial charge in [0.25, 0.3) is 10.2 Å². The Morgan fingerprint density at radius 2 is 1.14 bits per heavy atom. The third-order valence-corrected chi connectivity index (χ3v) is 0. The normalized spacial score (nSPS) is 9.14. The Morgan fingerprint density at radius 1 is 1.14 bits per heavy atom. The zero-order chi connectivity index (χ0) is 6.50. The van der Waals surface area contributed by atoms with Crippen molar-refractivity contribution in [3.63, 3.8) is 0 Å². The minimum absolute atomic E-state index is 3.67. The molecule has 0 fully saturated rings. The lowest BCUT2D eigenvalue weighted by atomic mass is 13.9. The molecule has 5 nitrogen and oxygen atoms in total. The van der Waals surface area contributed by atoms with E-state index in [0.717, 1.165) is 0 Å². The molecule has 0 aliphatic carbocycles. The Bertz CT molecular complexity index is 96.1. The molecule has 0 aliphatic heterocycles. The molecule has 0 saturated heterocycles. The van der Waals surface area contributed by atoms with Crippen LogP contribution in [0.25, 0.3) is 0 Å². The minimum Gasteiger partial charge on any atom is -0.247 e. The van der Waals surface area contributed by atoms with Gasteiger partial charge in [0.05, 0.1) is 0 Å². The number of rotatable bonds is 0. The van der Waals surface area contributed by atoms with E-state index in [4.69, 9.17) is 0 Å². The summed E-state index contributed by atoms with van der Waals surface area (Å²) in [6, 6.07) is 0. The first-order valence-corrected chi connectivity index (χ1v) is 3.07. The first-order chi connectivity index (χ1) is 3.00. The van der Waals surface area contributed by atoms with Crippen molar-refractivity contribution >= 4 is 22.0 Å². The molecule has 0 saturated carbocycles. The Morgan fingerprint density at radius 3 is 1.14 bits per heavy atom. The smallest absolute Gasteiger partial charge is 0.247 e. The average molecular weight is 148 g/mol. The molecule has 0 unspecified atom stereocenters. The number of hydrogen-bond donors (Lipinski definition) is 3. The summed E-state index contributed by atoms with van der Waals surface area (Å²) in [4.78, 5) is 0. The summed E-state index contributed by atoms with van der Waals surface area (Å²) in [6.45, 7) is 0. The van der Waals surface area contributed by atoms with E-state index in [9.17, 15) is 8.42 Å². The van der Waals surface area contributed by atoms with E-state index in [-0.39, 0.29) is 0 Å². The molecule has 0 atom stereocenters. The molecular weight excluding hydrogens is 142 g/mol. The molecule has 6 N–H and O–H groups in total. The summed E-state index contributed by atoms with van der Waals surface area (Å²) in [7, 11) is -3.67. The molecule has 0 aromatic heterocycles. The topological polar surface area (TPSA) is 112 Å². The van der Waals surface area contributed by atoms with Crippen molar-refractivity contribution in [3.05, 3.63) is 0 Å². The fourth-order valence-corrected chi connectivity index (χ4v) is 0. The van der Waals surface area contributed by atoms with Crippen LogP contribution in [-0.2, 0) is 10.2 Å². The number of hydrogen-bond acceptors (Lipinski definition) is 3. The highest BCUT2D eigenvalue weighted by Crippen LogP contribution is 1.40. The Kier molecular flexibility index (Phi) is 6.22. The van der Waals surface area contributed by atoms with Gasteiger partial charge >= 0.3 is 0 Å². The molecule has 0 rings (SSSR count). The second-order valence-electron chi connectivity index (χ2n) is 0.589. The van der Waals surface area contributed by atoms with Crippen molar-refractivity contribution in [2.24, 2.45) is 15.5 Å². The standard InChI is InChI=1S/ClH2N.H4N2O2S/c1-2;1-5(2,3)4/h2H2;(H4,1,2,3,4). The largest absolute Gasteiger partial charge is 0.271 e. The van der Waals surface area contributed by atoms with Crippen molar-refractivity contribution in [2.75, 3.05) is 0 Å². The third kappa shape index (κ3) is 7210. The maximum absolute atomic E-state index is 9.19. The summed E-state index contributed by atoms with van der Waals surface area (Å²) in [5, 5.41) is 12.2. The molecule has 46 valence electrons. The quantitative estimate of drug-likeness (QED) is 0.353. The SMILES string of the molecule is NCl.NS(N)(=O)=O. The van der Waals surface area contributed by atoms with Crippen LogP contribution in [0.5, 0.6) is 0 Å². The molecule has 0 radical (unpaired) electrons. The lowest BCUT2D eigenvalue weighted by Gasteiger charge is -1.72. The predicted octanol–water partition coefficient (Wildman–Crippen LogP) is -1.75. The highest BCUT2D eigenvalue weighted by atomic mass is 35.5. The molecule has 7 heteroatoms. The molecule has 0 spiro atoms. The van der Waals surface area contributed by atoms with Crippen LogP contribution in [0, 0.1) is 0 Å². The molecule has 0 aromatic rings. The van der Waals surface area contributed by atoms with E-state index < -0.39 is 10.2 Å². The van der Waals surface area contributed by atoms with Crippen LogP contribution in [0.1, 0.15) is 0 Å². The Labute approximate surface area is 46.7 Å². The zero-order valence-electron chi connectivity index (χ0n) is 3.33. The fourth-order valence-electron chi connectivity index (χ4n) is 0. The monoisotopic (exact) mass is 147 g/mol. The second-order valence-corrected chi connectivity index (χ2v) is 1.77. The van der Waals surface area contributed by atoms with E-state index in [2.05, 4.69) is 27.3 Å². The highest BCUT2D eigenvalue weighted by molar-refractivity contribution is 7.86. The molecule has 0 amide bonds. The van der Waals surface area contributed by atoms with Gasteiger partial charge in [-0.05, 0) is 11.8 Å². The maximum Gasteiger partial charge on any atom is 0.271 e.